The van der Waals surface area contributed by atoms with Gasteiger partial charge in [-0.2, -0.15) is 0 Å². The molecule has 0 aromatic carbocycles. The van der Waals surface area contributed by atoms with Crippen LogP contribution in [0, 0.1) is 11.8 Å². The van der Waals surface area contributed by atoms with Gasteiger partial charge in [0.15, 0.2) is 0 Å². The molecule has 2 saturated heterocycles. The summed E-state index contributed by atoms with van der Waals surface area (Å²) in [4.78, 5) is 6.92. The topological polar surface area (TPSA) is 33.1 Å². The normalized spacial score (nSPS) is 29.1. The van der Waals surface area contributed by atoms with Gasteiger partial charge in [-0.3, -0.25) is 4.90 Å². The second-order valence-corrected chi connectivity index (χ2v) is 4.83. The van der Waals surface area contributed by atoms with Crippen molar-refractivity contribution in [1.82, 2.24) is 19.8 Å². The SMILES string of the molecule is Cl.Cn1ccnc1CN1C[C@H]2CNC[C@H]2C1. The van der Waals surface area contributed by atoms with E-state index in [0.29, 0.717) is 0 Å². The molecule has 0 saturated carbocycles. The third-order valence-corrected chi connectivity index (χ3v) is 3.75. The summed E-state index contributed by atoms with van der Waals surface area (Å²) in [5, 5.41) is 3.47. The predicted octanol–water partition coefficient (Wildman–Crippen LogP) is 0.493. The molecule has 5 heteroatoms. The smallest absolute Gasteiger partial charge is 0.122 e. The number of fused-ring (bicyclic) bond motifs is 1. The maximum absolute atomic E-state index is 4.38. The number of hydrogen-bond acceptors (Lipinski definition) is 3. The van der Waals surface area contributed by atoms with Crippen molar-refractivity contribution in [2.45, 2.75) is 6.54 Å². The molecule has 0 aliphatic carbocycles. The zero-order valence-corrected chi connectivity index (χ0v) is 10.4. The highest BCUT2D eigenvalue weighted by Gasteiger charge is 2.36. The zero-order chi connectivity index (χ0) is 10.3. The summed E-state index contributed by atoms with van der Waals surface area (Å²) in [5.74, 6) is 2.94. The Balaban J connectivity index is 0.000000963. The third kappa shape index (κ3) is 2.10. The van der Waals surface area contributed by atoms with Gasteiger partial charge in [0.05, 0.1) is 6.54 Å². The molecule has 4 nitrogen and oxygen atoms in total. The van der Waals surface area contributed by atoms with Gasteiger partial charge in [0.25, 0.3) is 0 Å². The van der Waals surface area contributed by atoms with E-state index >= 15 is 0 Å². The van der Waals surface area contributed by atoms with Crippen LogP contribution in [0.2, 0.25) is 0 Å². The number of halogens is 1. The van der Waals surface area contributed by atoms with Crippen molar-refractivity contribution in [1.29, 1.82) is 0 Å². The lowest BCUT2D eigenvalue weighted by molar-refractivity contribution is 0.295. The van der Waals surface area contributed by atoms with E-state index in [1.54, 1.807) is 0 Å². The maximum atomic E-state index is 4.38. The molecule has 2 fully saturated rings. The fourth-order valence-electron chi connectivity index (χ4n) is 2.83. The van der Waals surface area contributed by atoms with E-state index in [2.05, 4.69) is 26.8 Å². The summed E-state index contributed by atoms with van der Waals surface area (Å²) in [6.07, 6.45) is 3.90. The van der Waals surface area contributed by atoms with E-state index in [1.165, 1.54) is 32.0 Å². The van der Waals surface area contributed by atoms with E-state index in [-0.39, 0.29) is 12.4 Å². The standard InChI is InChI=1S/C11H18N4.ClH/c1-14-3-2-13-11(14)8-15-6-9-4-12-5-10(9)7-15;/h2-3,9-10,12H,4-8H2,1H3;1H/t9-,10+;. The molecular formula is C11H19ClN4. The van der Waals surface area contributed by atoms with Crippen LogP contribution in [0.3, 0.4) is 0 Å². The quantitative estimate of drug-likeness (QED) is 0.820. The Kier molecular flexibility index (Phi) is 3.52. The second kappa shape index (κ2) is 4.73. The van der Waals surface area contributed by atoms with Crippen LogP contribution in [0.25, 0.3) is 0 Å². The Labute approximate surface area is 102 Å². The van der Waals surface area contributed by atoms with Crippen LogP contribution < -0.4 is 5.32 Å². The van der Waals surface area contributed by atoms with Crippen molar-refractivity contribution < 1.29 is 0 Å². The number of hydrogen-bond donors (Lipinski definition) is 1. The van der Waals surface area contributed by atoms with Crippen LogP contribution in [0.15, 0.2) is 12.4 Å². The molecule has 0 spiro atoms. The molecule has 0 amide bonds. The molecular weight excluding hydrogens is 224 g/mol. The second-order valence-electron chi connectivity index (χ2n) is 4.83. The fraction of sp³-hybridized carbons (Fsp3) is 0.727. The molecule has 0 radical (unpaired) electrons. The van der Waals surface area contributed by atoms with Gasteiger partial charge in [0.1, 0.15) is 5.82 Å². The maximum Gasteiger partial charge on any atom is 0.122 e. The van der Waals surface area contributed by atoms with Crippen LogP contribution in [-0.2, 0) is 13.6 Å². The minimum Gasteiger partial charge on any atom is -0.337 e. The molecule has 1 aromatic rings. The molecule has 2 aliphatic rings. The fourth-order valence-corrected chi connectivity index (χ4v) is 2.83. The molecule has 0 bridgehead atoms. The summed E-state index contributed by atoms with van der Waals surface area (Å²) in [6.45, 7) is 5.91. The lowest BCUT2D eigenvalue weighted by Crippen LogP contribution is -2.26. The van der Waals surface area contributed by atoms with E-state index in [0.717, 1.165) is 18.4 Å². The molecule has 16 heavy (non-hydrogen) atoms. The molecule has 1 N–H and O–H groups in total. The van der Waals surface area contributed by atoms with Gasteiger partial charge in [-0.15, -0.1) is 12.4 Å². The number of likely N-dealkylation sites (tertiary alicyclic amines) is 1. The Morgan fingerprint density at radius 1 is 1.38 bits per heavy atom. The lowest BCUT2D eigenvalue weighted by Gasteiger charge is -2.16. The van der Waals surface area contributed by atoms with E-state index in [4.69, 9.17) is 0 Å². The Hall–Kier alpha value is -0.580. The third-order valence-electron chi connectivity index (χ3n) is 3.75. The average molecular weight is 243 g/mol. The van der Waals surface area contributed by atoms with Gasteiger partial charge >= 0.3 is 0 Å². The zero-order valence-electron chi connectivity index (χ0n) is 9.59. The Morgan fingerprint density at radius 2 is 2.06 bits per heavy atom. The molecule has 90 valence electrons. The number of nitrogens with one attached hydrogen (secondary N) is 1. The monoisotopic (exact) mass is 242 g/mol. The van der Waals surface area contributed by atoms with Crippen molar-refractivity contribution in [3.8, 4) is 0 Å². The van der Waals surface area contributed by atoms with Crippen molar-refractivity contribution >= 4 is 12.4 Å². The van der Waals surface area contributed by atoms with Crippen LogP contribution in [0.4, 0.5) is 0 Å². The number of aromatic nitrogens is 2. The first-order valence-corrected chi connectivity index (χ1v) is 5.72. The summed E-state index contributed by atoms with van der Waals surface area (Å²) in [6, 6.07) is 0. The minimum absolute atomic E-state index is 0. The van der Waals surface area contributed by atoms with E-state index < -0.39 is 0 Å². The molecule has 0 unspecified atom stereocenters. The van der Waals surface area contributed by atoms with Crippen molar-refractivity contribution in [3.05, 3.63) is 18.2 Å². The first-order valence-electron chi connectivity index (χ1n) is 5.72. The van der Waals surface area contributed by atoms with Gasteiger partial charge in [-0.05, 0) is 24.9 Å². The number of aryl methyl sites for hydroxylation is 1. The number of imidazole rings is 1. The summed E-state index contributed by atoms with van der Waals surface area (Å²) < 4.78 is 2.12. The predicted molar refractivity (Wildman–Crippen MR) is 65.6 cm³/mol. The van der Waals surface area contributed by atoms with Crippen molar-refractivity contribution in [2.75, 3.05) is 26.2 Å². The van der Waals surface area contributed by atoms with Crippen LogP contribution >= 0.6 is 12.4 Å². The Morgan fingerprint density at radius 3 is 2.62 bits per heavy atom. The van der Waals surface area contributed by atoms with E-state index in [1.807, 2.05) is 12.4 Å². The van der Waals surface area contributed by atoms with Crippen molar-refractivity contribution in [3.63, 3.8) is 0 Å². The first kappa shape index (κ1) is 11.9. The van der Waals surface area contributed by atoms with Crippen LogP contribution in [0.5, 0.6) is 0 Å². The summed E-state index contributed by atoms with van der Waals surface area (Å²) in [5.41, 5.74) is 0. The largest absolute Gasteiger partial charge is 0.337 e. The van der Waals surface area contributed by atoms with Gasteiger partial charge < -0.3 is 9.88 Å². The van der Waals surface area contributed by atoms with Gasteiger partial charge in [-0.25, -0.2) is 4.98 Å². The molecule has 2 aliphatic heterocycles. The highest BCUT2D eigenvalue weighted by Crippen LogP contribution is 2.26. The van der Waals surface area contributed by atoms with Crippen molar-refractivity contribution in [2.24, 2.45) is 18.9 Å². The molecule has 1 aromatic heterocycles. The summed E-state index contributed by atoms with van der Waals surface area (Å²) in [7, 11) is 2.07. The lowest BCUT2D eigenvalue weighted by atomic mass is 10.0. The van der Waals surface area contributed by atoms with Gasteiger partial charge in [-0.1, -0.05) is 0 Å². The Bertz CT molecular complexity index is 340. The number of nitrogens with zero attached hydrogens (tertiary/aromatic N) is 3. The minimum atomic E-state index is 0. The number of rotatable bonds is 2. The summed E-state index contributed by atoms with van der Waals surface area (Å²) >= 11 is 0. The highest BCUT2D eigenvalue weighted by molar-refractivity contribution is 5.85. The first-order chi connectivity index (χ1) is 7.33. The molecule has 3 rings (SSSR count). The van der Waals surface area contributed by atoms with Crippen LogP contribution in [0.1, 0.15) is 5.82 Å². The average Bonchev–Trinajstić information content (AvgIpc) is 2.83. The van der Waals surface area contributed by atoms with E-state index in [9.17, 15) is 0 Å². The van der Waals surface area contributed by atoms with Gasteiger partial charge in [0.2, 0.25) is 0 Å². The molecule has 2 atom stereocenters. The van der Waals surface area contributed by atoms with Gasteiger partial charge in [0, 0.05) is 32.5 Å². The molecule has 3 heterocycles. The van der Waals surface area contributed by atoms with Crippen LogP contribution in [-0.4, -0.2) is 40.6 Å². The highest BCUT2D eigenvalue weighted by atomic mass is 35.5.